The van der Waals surface area contributed by atoms with Crippen LogP contribution < -0.4 is 11.1 Å². The van der Waals surface area contributed by atoms with Gasteiger partial charge < -0.3 is 30.7 Å². The third-order valence-electron chi connectivity index (χ3n) is 3.02. The van der Waals surface area contributed by atoms with Gasteiger partial charge in [-0.15, -0.1) is 6.58 Å². The molecule has 5 N–H and O–H groups in total. The van der Waals surface area contributed by atoms with E-state index >= 15 is 0 Å². The molecule has 0 aromatic carbocycles. The molecule has 0 aliphatic carbocycles. The van der Waals surface area contributed by atoms with Crippen molar-refractivity contribution in [2.24, 2.45) is 11.7 Å². The molecule has 1 rings (SSSR count). The molecule has 0 saturated carbocycles. The van der Waals surface area contributed by atoms with Crippen LogP contribution >= 0.6 is 0 Å². The van der Waals surface area contributed by atoms with E-state index in [1.54, 1.807) is 0 Å². The fraction of sp³-hybridized carbons (Fsp3) is 0.750. The Balaban J connectivity index is 2.85. The molecule has 1 aliphatic heterocycles. The highest BCUT2D eigenvalue weighted by Gasteiger charge is 2.44. The van der Waals surface area contributed by atoms with E-state index < -0.39 is 30.5 Å². The molecular formula is C12H22N2O5. The van der Waals surface area contributed by atoms with Gasteiger partial charge in [0, 0.05) is 19.4 Å². The normalized spacial score (nSPS) is 34.8. The molecule has 5 unspecified atom stereocenters. The highest BCUT2D eigenvalue weighted by atomic mass is 16.7. The number of amides is 1. The van der Waals surface area contributed by atoms with Crippen LogP contribution in [-0.2, 0) is 14.3 Å². The summed E-state index contributed by atoms with van der Waals surface area (Å²) in [6.45, 7) is 5.19. The SMILES string of the molecule is C=CC1C(CO)OC(OCCN)C(NC(C)=O)C1O. The van der Waals surface area contributed by atoms with E-state index in [1.165, 1.54) is 13.0 Å². The Morgan fingerprint density at radius 3 is 2.79 bits per heavy atom. The molecule has 0 aromatic heterocycles. The molecule has 1 aliphatic rings. The standard InChI is InChI=1S/C12H22N2O5/c1-3-8-9(6-15)19-12(18-5-4-13)10(11(8)17)14-7(2)16/h3,8-12,15,17H,1,4-6,13H2,2H3,(H,14,16). The van der Waals surface area contributed by atoms with Crippen molar-refractivity contribution >= 4 is 5.91 Å². The summed E-state index contributed by atoms with van der Waals surface area (Å²) in [5.41, 5.74) is 5.35. The average Bonchev–Trinajstić information content (AvgIpc) is 2.38. The maximum absolute atomic E-state index is 11.2. The Bertz CT molecular complexity index is 312. The van der Waals surface area contributed by atoms with Gasteiger partial charge in [-0.25, -0.2) is 0 Å². The minimum atomic E-state index is -0.949. The Morgan fingerprint density at radius 2 is 2.32 bits per heavy atom. The largest absolute Gasteiger partial charge is 0.394 e. The van der Waals surface area contributed by atoms with Crippen LogP contribution in [0, 0.1) is 5.92 Å². The summed E-state index contributed by atoms with van der Waals surface area (Å²) in [5, 5.41) is 22.1. The first-order valence-electron chi connectivity index (χ1n) is 6.20. The molecular weight excluding hydrogens is 252 g/mol. The van der Waals surface area contributed by atoms with Crippen molar-refractivity contribution in [2.75, 3.05) is 19.8 Å². The quantitative estimate of drug-likeness (QED) is 0.431. The van der Waals surface area contributed by atoms with E-state index in [9.17, 15) is 15.0 Å². The Morgan fingerprint density at radius 1 is 1.63 bits per heavy atom. The zero-order valence-corrected chi connectivity index (χ0v) is 11.0. The van der Waals surface area contributed by atoms with Crippen molar-refractivity contribution < 1.29 is 24.5 Å². The summed E-state index contributed by atoms with van der Waals surface area (Å²) in [4.78, 5) is 11.2. The van der Waals surface area contributed by atoms with Gasteiger partial charge in [-0.3, -0.25) is 4.79 Å². The van der Waals surface area contributed by atoms with Crippen molar-refractivity contribution in [1.29, 1.82) is 0 Å². The zero-order chi connectivity index (χ0) is 14.4. The molecule has 1 amide bonds. The number of aliphatic hydroxyl groups is 2. The maximum atomic E-state index is 11.2. The summed E-state index contributed by atoms with van der Waals surface area (Å²) in [6.07, 6.45) is -0.925. The number of aliphatic hydroxyl groups excluding tert-OH is 2. The van der Waals surface area contributed by atoms with E-state index in [4.69, 9.17) is 15.2 Å². The third-order valence-corrected chi connectivity index (χ3v) is 3.02. The molecule has 1 heterocycles. The van der Waals surface area contributed by atoms with Gasteiger partial charge in [0.1, 0.15) is 6.04 Å². The van der Waals surface area contributed by atoms with Gasteiger partial charge in [-0.1, -0.05) is 6.08 Å². The molecule has 0 aromatic rings. The summed E-state index contributed by atoms with van der Waals surface area (Å²) in [6, 6.07) is -0.727. The van der Waals surface area contributed by atoms with Crippen LogP contribution in [0.4, 0.5) is 0 Å². The van der Waals surface area contributed by atoms with Gasteiger partial charge >= 0.3 is 0 Å². The predicted octanol–water partition coefficient (Wildman–Crippen LogP) is -1.65. The van der Waals surface area contributed by atoms with Crippen molar-refractivity contribution in [1.82, 2.24) is 5.32 Å². The first kappa shape index (κ1) is 16.1. The van der Waals surface area contributed by atoms with Crippen molar-refractivity contribution in [3.05, 3.63) is 12.7 Å². The fourth-order valence-electron chi connectivity index (χ4n) is 2.14. The van der Waals surface area contributed by atoms with Gasteiger partial charge in [-0.2, -0.15) is 0 Å². The van der Waals surface area contributed by atoms with Crippen LogP contribution in [0.2, 0.25) is 0 Å². The van der Waals surface area contributed by atoms with E-state index in [-0.39, 0.29) is 25.7 Å². The zero-order valence-electron chi connectivity index (χ0n) is 11.0. The lowest BCUT2D eigenvalue weighted by molar-refractivity contribution is -0.249. The van der Waals surface area contributed by atoms with Gasteiger partial charge in [0.15, 0.2) is 6.29 Å². The van der Waals surface area contributed by atoms with E-state index in [2.05, 4.69) is 11.9 Å². The Hall–Kier alpha value is -0.990. The average molecular weight is 274 g/mol. The predicted molar refractivity (Wildman–Crippen MR) is 68.1 cm³/mol. The molecule has 7 nitrogen and oxygen atoms in total. The molecule has 19 heavy (non-hydrogen) atoms. The number of rotatable bonds is 6. The number of ether oxygens (including phenoxy) is 2. The van der Waals surface area contributed by atoms with Gasteiger partial charge in [0.2, 0.25) is 5.91 Å². The smallest absolute Gasteiger partial charge is 0.217 e. The van der Waals surface area contributed by atoms with E-state index in [0.717, 1.165) is 0 Å². The van der Waals surface area contributed by atoms with Crippen LogP contribution in [0.15, 0.2) is 12.7 Å². The molecule has 0 bridgehead atoms. The number of nitrogens with two attached hydrogens (primary N) is 1. The highest BCUT2D eigenvalue weighted by Crippen LogP contribution is 2.27. The molecule has 0 radical (unpaired) electrons. The lowest BCUT2D eigenvalue weighted by Gasteiger charge is -2.43. The molecule has 1 saturated heterocycles. The topological polar surface area (TPSA) is 114 Å². The number of carbonyl (C=O) groups is 1. The van der Waals surface area contributed by atoms with Gasteiger partial charge in [0.25, 0.3) is 0 Å². The second kappa shape index (κ2) is 7.56. The van der Waals surface area contributed by atoms with Gasteiger partial charge in [-0.05, 0) is 0 Å². The molecule has 5 atom stereocenters. The Labute approximate surface area is 112 Å². The minimum absolute atomic E-state index is 0.227. The van der Waals surface area contributed by atoms with E-state index in [0.29, 0.717) is 0 Å². The second-order valence-corrected chi connectivity index (χ2v) is 4.41. The van der Waals surface area contributed by atoms with Crippen LogP contribution in [0.3, 0.4) is 0 Å². The van der Waals surface area contributed by atoms with Gasteiger partial charge in [0.05, 0.1) is 25.4 Å². The highest BCUT2D eigenvalue weighted by molar-refractivity contribution is 5.73. The minimum Gasteiger partial charge on any atom is -0.394 e. The third kappa shape index (κ3) is 3.99. The lowest BCUT2D eigenvalue weighted by Crippen LogP contribution is -2.62. The fourth-order valence-corrected chi connectivity index (χ4v) is 2.14. The van der Waals surface area contributed by atoms with Crippen molar-refractivity contribution in [2.45, 2.75) is 31.5 Å². The van der Waals surface area contributed by atoms with Crippen LogP contribution in [0.1, 0.15) is 6.92 Å². The number of nitrogens with one attached hydrogen (secondary N) is 1. The summed E-state index contributed by atoms with van der Waals surface area (Å²) in [7, 11) is 0. The Kier molecular flexibility index (Phi) is 6.40. The van der Waals surface area contributed by atoms with Crippen LogP contribution in [-0.4, -0.2) is 60.4 Å². The number of hydrogen-bond acceptors (Lipinski definition) is 6. The lowest BCUT2D eigenvalue weighted by atomic mass is 9.88. The van der Waals surface area contributed by atoms with Crippen LogP contribution in [0.25, 0.3) is 0 Å². The van der Waals surface area contributed by atoms with Crippen molar-refractivity contribution in [3.8, 4) is 0 Å². The summed E-state index contributed by atoms with van der Waals surface area (Å²) < 4.78 is 10.9. The first-order valence-corrected chi connectivity index (χ1v) is 6.20. The maximum Gasteiger partial charge on any atom is 0.217 e. The monoisotopic (exact) mass is 274 g/mol. The summed E-state index contributed by atoms with van der Waals surface area (Å²) >= 11 is 0. The van der Waals surface area contributed by atoms with Crippen LogP contribution in [0.5, 0.6) is 0 Å². The summed E-state index contributed by atoms with van der Waals surface area (Å²) in [5.74, 6) is -0.793. The number of carbonyl (C=O) groups excluding carboxylic acids is 1. The molecule has 0 spiro atoms. The first-order chi connectivity index (χ1) is 9.04. The van der Waals surface area contributed by atoms with Crippen molar-refractivity contribution in [3.63, 3.8) is 0 Å². The van der Waals surface area contributed by atoms with E-state index in [1.807, 2.05) is 0 Å². The second-order valence-electron chi connectivity index (χ2n) is 4.41. The molecule has 110 valence electrons. The molecule has 1 fully saturated rings. The molecule has 7 heteroatoms. The number of hydrogen-bond donors (Lipinski definition) is 4.